The summed E-state index contributed by atoms with van der Waals surface area (Å²) in [5, 5.41) is 6.81. The van der Waals surface area contributed by atoms with Gasteiger partial charge in [0.25, 0.3) is 5.56 Å². The van der Waals surface area contributed by atoms with E-state index >= 15 is 0 Å². The number of hydrogen-bond donors (Lipinski definition) is 1. The Labute approximate surface area is 112 Å². The molecule has 0 saturated heterocycles. The quantitative estimate of drug-likeness (QED) is 0.651. The molecule has 7 heteroatoms. The van der Waals surface area contributed by atoms with E-state index < -0.39 is 11.5 Å². The Balaban J connectivity index is 2.93. The Morgan fingerprint density at radius 1 is 1.67 bits per heavy atom. The van der Waals surface area contributed by atoms with Crippen LogP contribution >= 0.6 is 15.9 Å². The lowest BCUT2D eigenvalue weighted by atomic mass is 10.4. The van der Waals surface area contributed by atoms with Gasteiger partial charge in [0, 0.05) is 0 Å². The van der Waals surface area contributed by atoms with Gasteiger partial charge in [0.2, 0.25) is 0 Å². The molecule has 0 spiro atoms. The van der Waals surface area contributed by atoms with Gasteiger partial charge in [-0.15, -0.1) is 5.92 Å². The van der Waals surface area contributed by atoms with E-state index in [2.05, 4.69) is 42.9 Å². The molecule has 18 heavy (non-hydrogen) atoms. The minimum absolute atomic E-state index is 0.219. The van der Waals surface area contributed by atoms with E-state index in [0.29, 0.717) is 16.7 Å². The summed E-state index contributed by atoms with van der Waals surface area (Å²) >= 11 is 3.16. The van der Waals surface area contributed by atoms with Crippen LogP contribution in [0, 0.1) is 11.8 Å². The van der Waals surface area contributed by atoms with E-state index in [4.69, 9.17) is 0 Å². The summed E-state index contributed by atoms with van der Waals surface area (Å²) in [5.74, 6) is 5.00. The molecule has 0 radical (unpaired) electrons. The van der Waals surface area contributed by atoms with Gasteiger partial charge >= 0.3 is 5.97 Å². The highest BCUT2D eigenvalue weighted by atomic mass is 79.9. The maximum atomic E-state index is 11.8. The number of ether oxygens (including phenoxy) is 1. The third-order valence-corrected chi connectivity index (χ3v) is 2.80. The minimum Gasteiger partial charge on any atom is -0.468 e. The third kappa shape index (κ3) is 3.60. The van der Waals surface area contributed by atoms with Crippen LogP contribution in [0.2, 0.25) is 0 Å². The highest BCUT2D eigenvalue weighted by Gasteiger charge is 2.11. The van der Waals surface area contributed by atoms with Crippen molar-refractivity contribution in [3.63, 3.8) is 0 Å². The normalized spacial score (nSPS) is 9.28. The molecular formula is C11H12BrN3O3. The maximum Gasteiger partial charge on any atom is 0.327 e. The van der Waals surface area contributed by atoms with Crippen molar-refractivity contribution in [2.75, 3.05) is 19.0 Å². The first-order valence-corrected chi connectivity index (χ1v) is 5.85. The van der Waals surface area contributed by atoms with Crippen molar-refractivity contribution in [3.8, 4) is 11.8 Å². The number of hydrogen-bond acceptors (Lipinski definition) is 5. The van der Waals surface area contributed by atoms with E-state index in [-0.39, 0.29) is 6.54 Å². The first-order chi connectivity index (χ1) is 8.60. The van der Waals surface area contributed by atoms with Gasteiger partial charge in [-0.25, -0.2) is 4.68 Å². The Morgan fingerprint density at radius 2 is 2.39 bits per heavy atom. The molecule has 0 bridgehead atoms. The lowest BCUT2D eigenvalue weighted by Gasteiger charge is -2.07. The largest absolute Gasteiger partial charge is 0.468 e. The first kappa shape index (κ1) is 14.3. The number of rotatable bonds is 4. The van der Waals surface area contributed by atoms with Crippen molar-refractivity contribution in [1.29, 1.82) is 0 Å². The minimum atomic E-state index is -0.533. The smallest absolute Gasteiger partial charge is 0.327 e. The average molecular weight is 314 g/mol. The van der Waals surface area contributed by atoms with E-state index in [1.165, 1.54) is 13.3 Å². The number of carbonyl (C=O) groups excluding carboxylic acids is 1. The van der Waals surface area contributed by atoms with Crippen molar-refractivity contribution in [1.82, 2.24) is 9.78 Å². The van der Waals surface area contributed by atoms with Crippen molar-refractivity contribution < 1.29 is 9.53 Å². The number of carbonyl (C=O) groups is 1. The number of aromatic nitrogens is 2. The highest BCUT2D eigenvalue weighted by Crippen LogP contribution is 2.15. The molecule has 1 heterocycles. The van der Waals surface area contributed by atoms with Crippen molar-refractivity contribution in [2.24, 2.45) is 0 Å². The molecule has 0 aliphatic rings. The topological polar surface area (TPSA) is 73.2 Å². The summed E-state index contributed by atoms with van der Waals surface area (Å²) in [6.45, 7) is 1.92. The molecule has 0 aliphatic heterocycles. The van der Waals surface area contributed by atoms with Crippen molar-refractivity contribution in [2.45, 2.75) is 13.5 Å². The SMILES string of the molecule is CC#CCNc1cnn(CC(=O)OC)c(=O)c1Br. The van der Waals surface area contributed by atoms with Crippen LogP contribution in [0.15, 0.2) is 15.5 Å². The molecule has 96 valence electrons. The van der Waals surface area contributed by atoms with Crippen LogP contribution in [0.1, 0.15) is 6.92 Å². The summed E-state index contributed by atoms with van der Waals surface area (Å²) in [7, 11) is 1.25. The highest BCUT2D eigenvalue weighted by molar-refractivity contribution is 9.10. The Bertz CT molecular complexity index is 557. The van der Waals surface area contributed by atoms with Crippen LogP contribution in [-0.2, 0) is 16.1 Å². The number of esters is 1. The van der Waals surface area contributed by atoms with Crippen LogP contribution < -0.4 is 10.9 Å². The van der Waals surface area contributed by atoms with Crippen LogP contribution in [0.25, 0.3) is 0 Å². The van der Waals surface area contributed by atoms with Crippen LogP contribution in [0.3, 0.4) is 0 Å². The number of halogens is 1. The fourth-order valence-corrected chi connectivity index (χ4v) is 1.56. The first-order valence-electron chi connectivity index (χ1n) is 5.06. The van der Waals surface area contributed by atoms with Gasteiger partial charge in [-0.3, -0.25) is 9.59 Å². The summed E-state index contributed by atoms with van der Waals surface area (Å²) in [6, 6.07) is 0. The molecule has 1 aromatic rings. The number of methoxy groups -OCH3 is 1. The molecule has 0 atom stereocenters. The zero-order valence-electron chi connectivity index (χ0n) is 9.99. The molecule has 0 fully saturated rings. The van der Waals surface area contributed by atoms with Gasteiger partial charge in [-0.05, 0) is 22.9 Å². The van der Waals surface area contributed by atoms with Crippen LogP contribution in [0.4, 0.5) is 5.69 Å². The summed E-state index contributed by atoms with van der Waals surface area (Å²) < 4.78 is 5.80. The van der Waals surface area contributed by atoms with Gasteiger partial charge in [-0.1, -0.05) is 5.92 Å². The zero-order valence-corrected chi connectivity index (χ0v) is 11.6. The summed E-state index contributed by atoms with van der Waals surface area (Å²) in [6.07, 6.45) is 1.45. The van der Waals surface area contributed by atoms with Crippen molar-refractivity contribution in [3.05, 3.63) is 21.0 Å². The molecule has 0 amide bonds. The Morgan fingerprint density at radius 3 is 3.00 bits per heavy atom. The molecule has 0 unspecified atom stereocenters. The standard InChI is InChI=1S/C11H12BrN3O3/c1-3-4-5-13-8-6-14-15(7-9(16)18-2)11(17)10(8)12/h6,13H,5,7H2,1-2H3. The van der Waals surface area contributed by atoms with Gasteiger partial charge < -0.3 is 10.1 Å². The third-order valence-electron chi connectivity index (χ3n) is 2.04. The maximum absolute atomic E-state index is 11.8. The summed E-state index contributed by atoms with van der Waals surface area (Å²) in [4.78, 5) is 22.9. The number of nitrogens with one attached hydrogen (secondary N) is 1. The van der Waals surface area contributed by atoms with Crippen LogP contribution in [-0.4, -0.2) is 29.4 Å². The van der Waals surface area contributed by atoms with Gasteiger partial charge in [0.1, 0.15) is 11.0 Å². The Hall–Kier alpha value is -1.81. The second-order valence-corrected chi connectivity index (χ2v) is 3.98. The lowest BCUT2D eigenvalue weighted by molar-refractivity contribution is -0.141. The van der Waals surface area contributed by atoms with Crippen LogP contribution in [0.5, 0.6) is 0 Å². The molecule has 6 nitrogen and oxygen atoms in total. The molecular weight excluding hydrogens is 302 g/mol. The van der Waals surface area contributed by atoms with Gasteiger partial charge in [0.15, 0.2) is 0 Å². The molecule has 0 aliphatic carbocycles. The van der Waals surface area contributed by atoms with E-state index in [1.807, 2.05) is 0 Å². The molecule has 1 N–H and O–H groups in total. The Kier molecular flexibility index (Phi) is 5.39. The van der Waals surface area contributed by atoms with Gasteiger partial charge in [0.05, 0.1) is 25.5 Å². The van der Waals surface area contributed by atoms with Crippen molar-refractivity contribution >= 4 is 27.6 Å². The fourth-order valence-electron chi connectivity index (χ4n) is 1.12. The van der Waals surface area contributed by atoms with E-state index in [0.717, 1.165) is 4.68 Å². The van der Waals surface area contributed by atoms with E-state index in [9.17, 15) is 9.59 Å². The molecule has 0 saturated carbocycles. The monoisotopic (exact) mass is 313 g/mol. The predicted molar refractivity (Wildman–Crippen MR) is 70.2 cm³/mol. The van der Waals surface area contributed by atoms with Gasteiger partial charge in [-0.2, -0.15) is 5.10 Å². The average Bonchev–Trinajstić information content (AvgIpc) is 2.37. The molecule has 1 aromatic heterocycles. The molecule has 1 rings (SSSR count). The predicted octanol–water partition coefficient (Wildman–Crippen LogP) is 0.614. The fraction of sp³-hybridized carbons (Fsp3) is 0.364. The second-order valence-electron chi connectivity index (χ2n) is 3.19. The second kappa shape index (κ2) is 6.81. The number of nitrogens with zero attached hydrogens (tertiary/aromatic N) is 2. The lowest BCUT2D eigenvalue weighted by Crippen LogP contribution is -2.28. The zero-order chi connectivity index (χ0) is 13.5. The molecule has 0 aromatic carbocycles. The number of anilines is 1. The van der Waals surface area contributed by atoms with E-state index in [1.54, 1.807) is 6.92 Å². The summed E-state index contributed by atoms with van der Waals surface area (Å²) in [5.41, 5.74) is 0.124.